The number of rotatable bonds is 12. The maximum atomic E-state index is 13.0. The van der Waals surface area contributed by atoms with Gasteiger partial charge in [0.1, 0.15) is 0 Å². The molecule has 11 nitrogen and oxygen atoms in total. The van der Waals surface area contributed by atoms with Gasteiger partial charge in [-0.15, -0.1) is 0 Å². The topological polar surface area (TPSA) is 120 Å². The van der Waals surface area contributed by atoms with Crippen LogP contribution in [0.4, 0.5) is 11.6 Å². The molecule has 38 heavy (non-hydrogen) atoms. The third kappa shape index (κ3) is 7.28. The fraction of sp³-hybridized carbons (Fsp3) is 0.444. The van der Waals surface area contributed by atoms with E-state index in [0.717, 1.165) is 18.5 Å². The van der Waals surface area contributed by atoms with Gasteiger partial charge in [-0.25, -0.2) is 0 Å². The molecule has 0 spiro atoms. The van der Waals surface area contributed by atoms with E-state index in [1.54, 1.807) is 13.2 Å². The summed E-state index contributed by atoms with van der Waals surface area (Å²) in [6.45, 7) is 7.89. The summed E-state index contributed by atoms with van der Waals surface area (Å²) in [5.41, 5.74) is 1.15. The predicted molar refractivity (Wildman–Crippen MR) is 145 cm³/mol. The van der Waals surface area contributed by atoms with Crippen LogP contribution in [0.5, 0.6) is 29.2 Å². The number of ether oxygens (including phenoxy) is 4. The van der Waals surface area contributed by atoms with Crippen molar-refractivity contribution in [2.24, 2.45) is 0 Å². The van der Waals surface area contributed by atoms with Crippen LogP contribution in [0, 0.1) is 0 Å². The Morgan fingerprint density at radius 2 is 1.66 bits per heavy atom. The van der Waals surface area contributed by atoms with E-state index in [4.69, 9.17) is 23.4 Å². The van der Waals surface area contributed by atoms with Crippen LogP contribution in [-0.2, 0) is 5.41 Å². The zero-order valence-corrected chi connectivity index (χ0v) is 23.3. The predicted octanol–water partition coefficient (Wildman–Crippen LogP) is 4.80. The second kappa shape index (κ2) is 12.5. The summed E-state index contributed by atoms with van der Waals surface area (Å²) in [6.07, 6.45) is 0.898. The van der Waals surface area contributed by atoms with Crippen molar-refractivity contribution in [3.05, 3.63) is 41.7 Å². The van der Waals surface area contributed by atoms with Crippen molar-refractivity contribution >= 4 is 17.5 Å². The monoisotopic (exact) mass is 527 g/mol. The minimum absolute atomic E-state index is 0.0148. The Labute approximate surface area is 223 Å². The van der Waals surface area contributed by atoms with Crippen molar-refractivity contribution < 1.29 is 28.2 Å². The number of aromatic nitrogens is 2. The molecule has 3 rings (SSSR count). The van der Waals surface area contributed by atoms with Crippen molar-refractivity contribution in [3.63, 3.8) is 0 Å². The quantitative estimate of drug-likeness (QED) is 0.318. The SMILES string of the molecule is COc1ccc(C(C)(C)C)cc1Oc1ccc(C(=O)Nc2c(OC)nc(NCCCN(C)C)nc2OC)o1. The van der Waals surface area contributed by atoms with Crippen LogP contribution in [0.3, 0.4) is 0 Å². The number of hydrogen-bond donors (Lipinski definition) is 2. The largest absolute Gasteiger partial charge is 0.493 e. The summed E-state index contributed by atoms with van der Waals surface area (Å²) in [5.74, 6) is 1.24. The zero-order valence-electron chi connectivity index (χ0n) is 23.3. The first-order valence-electron chi connectivity index (χ1n) is 12.2. The Hall–Kier alpha value is -3.99. The summed E-state index contributed by atoms with van der Waals surface area (Å²) in [4.78, 5) is 23.8. The highest BCUT2D eigenvalue weighted by Gasteiger charge is 2.22. The molecule has 0 fully saturated rings. The summed E-state index contributed by atoms with van der Waals surface area (Å²) in [5, 5.41) is 5.86. The number of benzene rings is 1. The molecule has 1 aromatic carbocycles. The number of amides is 1. The summed E-state index contributed by atoms with van der Waals surface area (Å²) < 4.78 is 27.8. The van der Waals surface area contributed by atoms with E-state index in [1.807, 2.05) is 32.3 Å². The standard InChI is InChI=1S/C27H37N5O6/c1-27(2,3)17-10-11-18(34-6)20(16-17)38-21-13-12-19(37-21)23(33)29-22-24(35-7)30-26(31-25(22)36-8)28-14-9-15-32(4)5/h10-13,16H,9,14-15H2,1-8H3,(H,29,33)(H,28,30,31). The van der Waals surface area contributed by atoms with Crippen molar-refractivity contribution in [1.29, 1.82) is 0 Å². The fourth-order valence-corrected chi connectivity index (χ4v) is 3.50. The third-order valence-electron chi connectivity index (χ3n) is 5.58. The molecule has 0 aliphatic rings. The second-order valence-corrected chi connectivity index (χ2v) is 9.81. The number of nitrogens with zero attached hydrogens (tertiary/aromatic N) is 3. The lowest BCUT2D eigenvalue weighted by Crippen LogP contribution is -2.18. The molecule has 0 saturated heterocycles. The summed E-state index contributed by atoms with van der Waals surface area (Å²) in [7, 11) is 8.48. The van der Waals surface area contributed by atoms with Crippen LogP contribution in [0.15, 0.2) is 34.7 Å². The van der Waals surface area contributed by atoms with E-state index >= 15 is 0 Å². The number of carbonyl (C=O) groups is 1. The molecular formula is C27H37N5O6. The smallest absolute Gasteiger partial charge is 0.291 e. The second-order valence-electron chi connectivity index (χ2n) is 9.81. The van der Waals surface area contributed by atoms with Gasteiger partial charge in [0.05, 0.1) is 21.3 Å². The molecule has 0 atom stereocenters. The van der Waals surface area contributed by atoms with Gasteiger partial charge in [0.2, 0.25) is 17.7 Å². The Morgan fingerprint density at radius 3 is 2.24 bits per heavy atom. The number of carbonyl (C=O) groups excluding carboxylic acids is 1. The Balaban J connectivity index is 1.76. The molecule has 0 aliphatic carbocycles. The number of hydrogen-bond acceptors (Lipinski definition) is 10. The van der Waals surface area contributed by atoms with E-state index in [2.05, 4.69) is 46.3 Å². The molecule has 206 valence electrons. The number of nitrogens with one attached hydrogen (secondary N) is 2. The molecule has 0 unspecified atom stereocenters. The highest BCUT2D eigenvalue weighted by molar-refractivity contribution is 6.03. The van der Waals surface area contributed by atoms with Crippen LogP contribution >= 0.6 is 0 Å². The van der Waals surface area contributed by atoms with Crippen molar-refractivity contribution in [2.45, 2.75) is 32.6 Å². The first kappa shape index (κ1) is 28.6. The molecule has 0 aliphatic heterocycles. The van der Waals surface area contributed by atoms with Crippen LogP contribution in [0.1, 0.15) is 43.3 Å². The molecule has 2 aromatic heterocycles. The van der Waals surface area contributed by atoms with Crippen LogP contribution in [0.2, 0.25) is 0 Å². The fourth-order valence-electron chi connectivity index (χ4n) is 3.50. The lowest BCUT2D eigenvalue weighted by Gasteiger charge is -2.20. The minimum atomic E-state index is -0.554. The third-order valence-corrected chi connectivity index (χ3v) is 5.58. The molecule has 0 saturated carbocycles. The normalized spacial score (nSPS) is 11.3. The highest BCUT2D eigenvalue weighted by atomic mass is 16.6. The van der Waals surface area contributed by atoms with Gasteiger partial charge in [-0.1, -0.05) is 26.8 Å². The Kier molecular flexibility index (Phi) is 9.40. The van der Waals surface area contributed by atoms with Crippen molar-refractivity contribution in [1.82, 2.24) is 14.9 Å². The van der Waals surface area contributed by atoms with Gasteiger partial charge >= 0.3 is 0 Å². The van der Waals surface area contributed by atoms with E-state index in [1.165, 1.54) is 20.3 Å². The Morgan fingerprint density at radius 1 is 0.974 bits per heavy atom. The summed E-state index contributed by atoms with van der Waals surface area (Å²) >= 11 is 0. The lowest BCUT2D eigenvalue weighted by molar-refractivity contribution is 0.0990. The minimum Gasteiger partial charge on any atom is -0.493 e. The first-order valence-corrected chi connectivity index (χ1v) is 12.2. The van der Waals surface area contributed by atoms with Crippen molar-refractivity contribution in [3.8, 4) is 29.2 Å². The van der Waals surface area contributed by atoms with Gasteiger partial charge in [-0.2, -0.15) is 9.97 Å². The van der Waals surface area contributed by atoms with Gasteiger partial charge in [0.15, 0.2) is 22.9 Å². The van der Waals surface area contributed by atoms with Crippen LogP contribution in [-0.4, -0.2) is 69.3 Å². The molecule has 1 amide bonds. The van der Waals surface area contributed by atoms with Gasteiger partial charge in [0.25, 0.3) is 11.9 Å². The Bertz CT molecular complexity index is 1210. The van der Waals surface area contributed by atoms with Crippen LogP contribution < -0.4 is 29.6 Å². The average molecular weight is 528 g/mol. The first-order chi connectivity index (χ1) is 18.0. The van der Waals surface area contributed by atoms with Gasteiger partial charge < -0.3 is 38.9 Å². The van der Waals surface area contributed by atoms with E-state index < -0.39 is 5.91 Å². The molecule has 2 heterocycles. The maximum absolute atomic E-state index is 13.0. The molecule has 0 bridgehead atoms. The van der Waals surface area contributed by atoms with E-state index in [9.17, 15) is 4.79 Å². The molecular weight excluding hydrogens is 490 g/mol. The van der Waals surface area contributed by atoms with E-state index in [0.29, 0.717) is 24.0 Å². The number of methoxy groups -OCH3 is 3. The van der Waals surface area contributed by atoms with Crippen LogP contribution in [0.25, 0.3) is 0 Å². The molecule has 0 radical (unpaired) electrons. The average Bonchev–Trinajstić information content (AvgIpc) is 3.35. The molecule has 3 aromatic rings. The lowest BCUT2D eigenvalue weighted by atomic mass is 9.87. The summed E-state index contributed by atoms with van der Waals surface area (Å²) in [6, 6.07) is 8.78. The van der Waals surface area contributed by atoms with Crippen molar-refractivity contribution in [2.75, 3.05) is 59.1 Å². The highest BCUT2D eigenvalue weighted by Crippen LogP contribution is 2.37. The molecule has 11 heteroatoms. The van der Waals surface area contributed by atoms with E-state index in [-0.39, 0.29) is 34.6 Å². The van der Waals surface area contributed by atoms with Gasteiger partial charge in [0, 0.05) is 12.6 Å². The van der Waals surface area contributed by atoms with Gasteiger partial charge in [-0.05, 0) is 56.2 Å². The van der Waals surface area contributed by atoms with Gasteiger partial charge in [-0.3, -0.25) is 4.79 Å². The molecule has 2 N–H and O–H groups in total. The zero-order chi connectivity index (χ0) is 27.9. The number of anilines is 2. The maximum Gasteiger partial charge on any atom is 0.291 e. The number of furan rings is 1.